The van der Waals surface area contributed by atoms with Crippen molar-refractivity contribution >= 4 is 5.91 Å². The van der Waals surface area contributed by atoms with Gasteiger partial charge in [0, 0.05) is 18.5 Å². The number of amides is 1. The van der Waals surface area contributed by atoms with Gasteiger partial charge in [0.25, 0.3) is 0 Å². The third kappa shape index (κ3) is 3.66. The molecule has 3 nitrogen and oxygen atoms in total. The predicted octanol–water partition coefficient (Wildman–Crippen LogP) is 1.44. The first kappa shape index (κ1) is 13.3. The van der Waals surface area contributed by atoms with Gasteiger partial charge in [0.05, 0.1) is 0 Å². The molecular formula is C10H17F3N2O. The first-order valence-electron chi connectivity index (χ1n) is 5.41. The van der Waals surface area contributed by atoms with Gasteiger partial charge in [-0.2, -0.15) is 13.2 Å². The molecule has 1 amide bonds. The Morgan fingerprint density at radius 2 is 2.00 bits per heavy atom. The monoisotopic (exact) mass is 238 g/mol. The topological polar surface area (TPSA) is 41.1 Å². The lowest BCUT2D eigenvalue weighted by Crippen LogP contribution is -2.54. The number of carbonyl (C=O) groups excluding carboxylic acids is 1. The molecule has 1 rings (SSSR count). The quantitative estimate of drug-likeness (QED) is 0.764. The van der Waals surface area contributed by atoms with Crippen LogP contribution in [0.15, 0.2) is 0 Å². The minimum Gasteiger partial charge on any atom is -0.352 e. The zero-order valence-electron chi connectivity index (χ0n) is 9.40. The van der Waals surface area contributed by atoms with Crippen LogP contribution in [0.3, 0.4) is 0 Å². The van der Waals surface area contributed by atoms with Gasteiger partial charge in [-0.05, 0) is 12.8 Å². The van der Waals surface area contributed by atoms with E-state index in [0.717, 1.165) is 0 Å². The van der Waals surface area contributed by atoms with Crippen molar-refractivity contribution in [1.29, 1.82) is 0 Å². The molecule has 2 N–H and O–H groups in total. The fourth-order valence-electron chi connectivity index (χ4n) is 1.63. The maximum atomic E-state index is 12.3. The SMILES string of the molecule is CC(C)C(=O)NC1CCC(C(F)(F)F)NC1. The minimum absolute atomic E-state index is 0.0204. The largest absolute Gasteiger partial charge is 0.403 e. The molecule has 16 heavy (non-hydrogen) atoms. The van der Waals surface area contributed by atoms with Gasteiger partial charge < -0.3 is 10.6 Å². The van der Waals surface area contributed by atoms with Crippen molar-refractivity contribution < 1.29 is 18.0 Å². The Bertz CT molecular complexity index is 245. The Morgan fingerprint density at radius 1 is 1.38 bits per heavy atom. The van der Waals surface area contributed by atoms with Gasteiger partial charge in [-0.1, -0.05) is 13.8 Å². The molecule has 1 saturated heterocycles. The molecule has 0 aliphatic carbocycles. The normalized spacial score (nSPS) is 26.9. The molecule has 1 fully saturated rings. The van der Waals surface area contributed by atoms with Crippen LogP contribution in [-0.4, -0.2) is 30.7 Å². The summed E-state index contributed by atoms with van der Waals surface area (Å²) >= 11 is 0. The molecule has 2 atom stereocenters. The Kier molecular flexibility index (Phi) is 4.18. The van der Waals surface area contributed by atoms with Crippen molar-refractivity contribution in [3.8, 4) is 0 Å². The van der Waals surface area contributed by atoms with Crippen LogP contribution in [0.5, 0.6) is 0 Å². The maximum absolute atomic E-state index is 12.3. The smallest absolute Gasteiger partial charge is 0.352 e. The summed E-state index contributed by atoms with van der Waals surface area (Å²) in [6.45, 7) is 3.69. The number of hydrogen-bond donors (Lipinski definition) is 2. The maximum Gasteiger partial charge on any atom is 0.403 e. The van der Waals surface area contributed by atoms with Crippen LogP contribution in [0.1, 0.15) is 26.7 Å². The lowest BCUT2D eigenvalue weighted by Gasteiger charge is -2.31. The van der Waals surface area contributed by atoms with E-state index in [1.54, 1.807) is 13.8 Å². The number of nitrogens with one attached hydrogen (secondary N) is 2. The summed E-state index contributed by atoms with van der Waals surface area (Å²) in [7, 11) is 0. The van der Waals surface area contributed by atoms with Crippen molar-refractivity contribution in [3.05, 3.63) is 0 Å². The second-order valence-electron chi connectivity index (χ2n) is 4.44. The van der Waals surface area contributed by atoms with Crippen LogP contribution in [0.2, 0.25) is 0 Å². The summed E-state index contributed by atoms with van der Waals surface area (Å²) in [5, 5.41) is 5.14. The number of alkyl halides is 3. The van der Waals surface area contributed by atoms with E-state index < -0.39 is 12.2 Å². The van der Waals surface area contributed by atoms with E-state index in [4.69, 9.17) is 0 Å². The van der Waals surface area contributed by atoms with Crippen LogP contribution < -0.4 is 10.6 Å². The van der Waals surface area contributed by atoms with E-state index in [9.17, 15) is 18.0 Å². The van der Waals surface area contributed by atoms with Gasteiger partial charge in [-0.25, -0.2) is 0 Å². The zero-order valence-corrected chi connectivity index (χ0v) is 9.40. The number of hydrogen-bond acceptors (Lipinski definition) is 2. The van der Waals surface area contributed by atoms with Gasteiger partial charge in [-0.3, -0.25) is 4.79 Å². The summed E-state index contributed by atoms with van der Waals surface area (Å²) in [5.41, 5.74) is 0. The Hall–Kier alpha value is -0.780. The molecule has 0 radical (unpaired) electrons. The summed E-state index contributed by atoms with van der Waals surface area (Å²) in [6.07, 6.45) is -3.80. The molecule has 0 spiro atoms. The molecule has 1 aliphatic heterocycles. The zero-order chi connectivity index (χ0) is 12.3. The lowest BCUT2D eigenvalue weighted by molar-refractivity contribution is -0.161. The predicted molar refractivity (Wildman–Crippen MR) is 53.8 cm³/mol. The van der Waals surface area contributed by atoms with E-state index in [1.165, 1.54) is 0 Å². The highest BCUT2D eigenvalue weighted by Gasteiger charge is 2.41. The second-order valence-corrected chi connectivity index (χ2v) is 4.44. The number of carbonyl (C=O) groups is 1. The average molecular weight is 238 g/mol. The number of piperidine rings is 1. The molecule has 2 unspecified atom stereocenters. The lowest BCUT2D eigenvalue weighted by atomic mass is 10.00. The fraction of sp³-hybridized carbons (Fsp3) is 0.900. The molecule has 0 aromatic heterocycles. The molecular weight excluding hydrogens is 221 g/mol. The first-order chi connectivity index (χ1) is 7.30. The van der Waals surface area contributed by atoms with Crippen LogP contribution in [0.25, 0.3) is 0 Å². The van der Waals surface area contributed by atoms with Crippen molar-refractivity contribution in [2.45, 2.75) is 44.9 Å². The summed E-state index contributed by atoms with van der Waals surface area (Å²) < 4.78 is 36.9. The second kappa shape index (κ2) is 5.03. The van der Waals surface area contributed by atoms with E-state index in [0.29, 0.717) is 6.42 Å². The molecule has 0 bridgehead atoms. The molecule has 6 heteroatoms. The standard InChI is InChI=1S/C10H17F3N2O/c1-6(2)9(16)15-7-3-4-8(14-5-7)10(11,12)13/h6-8,14H,3-5H2,1-2H3,(H,15,16). The van der Waals surface area contributed by atoms with Crippen LogP contribution in [-0.2, 0) is 4.79 Å². The van der Waals surface area contributed by atoms with Gasteiger partial charge in [0.15, 0.2) is 0 Å². The van der Waals surface area contributed by atoms with Crippen molar-refractivity contribution in [1.82, 2.24) is 10.6 Å². The molecule has 0 aromatic rings. The number of rotatable bonds is 2. The highest BCUT2D eigenvalue weighted by atomic mass is 19.4. The van der Waals surface area contributed by atoms with Gasteiger partial charge >= 0.3 is 6.18 Å². The highest BCUT2D eigenvalue weighted by molar-refractivity contribution is 5.78. The molecule has 1 heterocycles. The van der Waals surface area contributed by atoms with Crippen LogP contribution in [0.4, 0.5) is 13.2 Å². The van der Waals surface area contributed by atoms with Gasteiger partial charge in [-0.15, -0.1) is 0 Å². The fourth-order valence-corrected chi connectivity index (χ4v) is 1.63. The molecule has 94 valence electrons. The Balaban J connectivity index is 2.35. The van der Waals surface area contributed by atoms with Crippen LogP contribution in [0, 0.1) is 5.92 Å². The number of halogens is 3. The van der Waals surface area contributed by atoms with Crippen molar-refractivity contribution in [2.75, 3.05) is 6.54 Å². The first-order valence-corrected chi connectivity index (χ1v) is 5.41. The molecule has 0 saturated carbocycles. The highest BCUT2D eigenvalue weighted by Crippen LogP contribution is 2.26. The van der Waals surface area contributed by atoms with E-state index in [2.05, 4.69) is 10.6 Å². The van der Waals surface area contributed by atoms with Gasteiger partial charge in [0.2, 0.25) is 5.91 Å². The van der Waals surface area contributed by atoms with E-state index in [1.807, 2.05) is 0 Å². The summed E-state index contributed by atoms with van der Waals surface area (Å²) in [5.74, 6) is -0.252. The van der Waals surface area contributed by atoms with E-state index >= 15 is 0 Å². The summed E-state index contributed by atoms with van der Waals surface area (Å²) in [4.78, 5) is 11.3. The summed E-state index contributed by atoms with van der Waals surface area (Å²) in [6, 6.07) is -1.62. The van der Waals surface area contributed by atoms with Gasteiger partial charge in [0.1, 0.15) is 6.04 Å². The van der Waals surface area contributed by atoms with Crippen molar-refractivity contribution in [3.63, 3.8) is 0 Å². The van der Waals surface area contributed by atoms with Crippen LogP contribution >= 0.6 is 0 Å². The van der Waals surface area contributed by atoms with Crippen molar-refractivity contribution in [2.24, 2.45) is 5.92 Å². The third-order valence-corrected chi connectivity index (χ3v) is 2.68. The minimum atomic E-state index is -4.19. The molecule has 0 aromatic carbocycles. The Morgan fingerprint density at radius 3 is 2.38 bits per heavy atom. The Labute approximate surface area is 92.8 Å². The molecule has 1 aliphatic rings. The third-order valence-electron chi connectivity index (χ3n) is 2.68. The van der Waals surface area contributed by atoms with E-state index in [-0.39, 0.29) is 30.8 Å². The average Bonchev–Trinajstić information content (AvgIpc) is 2.17.